The Bertz CT molecular complexity index is 954. The third-order valence-electron chi connectivity index (χ3n) is 4.93. The zero-order valence-electron chi connectivity index (χ0n) is 17.3. The standard InChI is InChI=1S/C21H20FN3O.C4H8/c22-19-10-16(12-23)6-8-18(19)20-9-7-17(14-24-20)11-21(26)25-13-15-4-2-1-3-5-15;1-4-2-3-4/h1-10,14H,11-13,23H2,(H,25,26);4H,2-3H2,1H3. The Morgan fingerprint density at radius 2 is 1.77 bits per heavy atom. The van der Waals surface area contributed by atoms with Crippen molar-refractivity contribution < 1.29 is 9.18 Å². The van der Waals surface area contributed by atoms with Gasteiger partial charge in [-0.3, -0.25) is 9.78 Å². The Balaban J connectivity index is 0.000000572. The SMILES string of the molecule is CC1CC1.NCc1ccc(-c2ccc(CC(=O)NCc3ccccc3)cn2)c(F)c1. The van der Waals surface area contributed by atoms with Crippen molar-refractivity contribution >= 4 is 5.91 Å². The van der Waals surface area contributed by atoms with Gasteiger partial charge in [0.1, 0.15) is 5.82 Å². The lowest BCUT2D eigenvalue weighted by atomic mass is 10.1. The van der Waals surface area contributed by atoms with E-state index in [2.05, 4.69) is 17.2 Å². The van der Waals surface area contributed by atoms with Gasteiger partial charge in [-0.15, -0.1) is 0 Å². The molecular weight excluding hydrogens is 377 g/mol. The van der Waals surface area contributed by atoms with Crippen LogP contribution in [0.5, 0.6) is 0 Å². The molecule has 1 heterocycles. The first kappa shape index (κ1) is 21.7. The Hall–Kier alpha value is -3.05. The number of carbonyl (C=O) groups excluding carboxylic acids is 1. The van der Waals surface area contributed by atoms with Gasteiger partial charge >= 0.3 is 0 Å². The van der Waals surface area contributed by atoms with Crippen LogP contribution in [0.3, 0.4) is 0 Å². The van der Waals surface area contributed by atoms with E-state index >= 15 is 0 Å². The largest absolute Gasteiger partial charge is 0.352 e. The number of aromatic nitrogens is 1. The van der Waals surface area contributed by atoms with Crippen molar-refractivity contribution in [2.75, 3.05) is 0 Å². The summed E-state index contributed by atoms with van der Waals surface area (Å²) < 4.78 is 14.1. The van der Waals surface area contributed by atoms with Crippen LogP contribution in [-0.4, -0.2) is 10.9 Å². The third-order valence-corrected chi connectivity index (χ3v) is 4.93. The first-order valence-electron chi connectivity index (χ1n) is 10.3. The molecule has 30 heavy (non-hydrogen) atoms. The van der Waals surface area contributed by atoms with Crippen LogP contribution < -0.4 is 11.1 Å². The number of hydrogen-bond acceptors (Lipinski definition) is 3. The maximum absolute atomic E-state index is 14.1. The number of nitrogens with one attached hydrogen (secondary N) is 1. The summed E-state index contributed by atoms with van der Waals surface area (Å²) in [6.45, 7) is 3.06. The number of benzene rings is 2. The smallest absolute Gasteiger partial charge is 0.224 e. The molecule has 1 fully saturated rings. The molecule has 0 radical (unpaired) electrons. The number of pyridine rings is 1. The zero-order chi connectivity index (χ0) is 21.3. The highest BCUT2D eigenvalue weighted by atomic mass is 19.1. The van der Waals surface area contributed by atoms with Gasteiger partial charge in [0.15, 0.2) is 0 Å². The minimum Gasteiger partial charge on any atom is -0.352 e. The molecule has 0 atom stereocenters. The molecule has 1 amide bonds. The van der Waals surface area contributed by atoms with Crippen molar-refractivity contribution in [2.24, 2.45) is 11.7 Å². The predicted octanol–water partition coefficient (Wildman–Crippen LogP) is 4.62. The maximum atomic E-state index is 14.1. The first-order valence-corrected chi connectivity index (χ1v) is 10.3. The van der Waals surface area contributed by atoms with E-state index in [-0.39, 0.29) is 18.1 Å². The number of nitrogens with zero attached hydrogens (tertiary/aromatic N) is 1. The molecule has 1 aliphatic rings. The lowest BCUT2D eigenvalue weighted by Crippen LogP contribution is -2.24. The summed E-state index contributed by atoms with van der Waals surface area (Å²) in [6, 6.07) is 18.1. The van der Waals surface area contributed by atoms with Gasteiger partial charge < -0.3 is 11.1 Å². The van der Waals surface area contributed by atoms with E-state index in [9.17, 15) is 9.18 Å². The summed E-state index contributed by atoms with van der Waals surface area (Å²) in [6.07, 6.45) is 4.81. The highest BCUT2D eigenvalue weighted by Gasteiger charge is 2.12. The second-order valence-corrected chi connectivity index (χ2v) is 7.69. The van der Waals surface area contributed by atoms with E-state index in [1.165, 1.54) is 18.9 Å². The van der Waals surface area contributed by atoms with Crippen LogP contribution in [0.2, 0.25) is 0 Å². The van der Waals surface area contributed by atoms with Crippen molar-refractivity contribution in [1.82, 2.24) is 10.3 Å². The second kappa shape index (κ2) is 10.6. The van der Waals surface area contributed by atoms with Crippen molar-refractivity contribution in [2.45, 2.75) is 39.3 Å². The third kappa shape index (κ3) is 6.78. The van der Waals surface area contributed by atoms with Gasteiger partial charge in [-0.25, -0.2) is 4.39 Å². The normalized spacial score (nSPS) is 12.6. The fourth-order valence-electron chi connectivity index (χ4n) is 2.79. The fraction of sp³-hybridized carbons (Fsp3) is 0.280. The van der Waals surface area contributed by atoms with E-state index in [4.69, 9.17) is 5.73 Å². The van der Waals surface area contributed by atoms with Gasteiger partial charge in [0.25, 0.3) is 0 Å². The Kier molecular flexibility index (Phi) is 7.69. The van der Waals surface area contributed by atoms with Crippen LogP contribution in [0.1, 0.15) is 36.5 Å². The van der Waals surface area contributed by atoms with Gasteiger partial charge in [-0.2, -0.15) is 0 Å². The average Bonchev–Trinajstić information content (AvgIpc) is 3.56. The van der Waals surface area contributed by atoms with E-state index in [0.29, 0.717) is 24.3 Å². The molecule has 2 aromatic carbocycles. The van der Waals surface area contributed by atoms with Gasteiger partial charge in [-0.1, -0.05) is 62.2 Å². The van der Waals surface area contributed by atoms with E-state index < -0.39 is 0 Å². The molecule has 156 valence electrons. The number of nitrogens with two attached hydrogens (primary N) is 1. The summed E-state index contributed by atoms with van der Waals surface area (Å²) >= 11 is 0. The lowest BCUT2D eigenvalue weighted by molar-refractivity contribution is -0.120. The van der Waals surface area contributed by atoms with Gasteiger partial charge in [0.2, 0.25) is 5.91 Å². The molecular formula is C25H28FN3O. The van der Waals surface area contributed by atoms with E-state index in [0.717, 1.165) is 22.6 Å². The monoisotopic (exact) mass is 405 g/mol. The maximum Gasteiger partial charge on any atom is 0.224 e. The summed E-state index contributed by atoms with van der Waals surface area (Å²) in [4.78, 5) is 16.3. The Morgan fingerprint density at radius 1 is 1.07 bits per heavy atom. The summed E-state index contributed by atoms with van der Waals surface area (Å²) in [7, 11) is 0. The van der Waals surface area contributed by atoms with Crippen LogP contribution in [0, 0.1) is 11.7 Å². The van der Waals surface area contributed by atoms with Crippen molar-refractivity contribution in [1.29, 1.82) is 0 Å². The number of halogens is 1. The summed E-state index contributed by atoms with van der Waals surface area (Å²) in [5.74, 6) is 0.649. The lowest BCUT2D eigenvalue weighted by Gasteiger charge is -2.07. The van der Waals surface area contributed by atoms with Crippen LogP contribution in [0.4, 0.5) is 4.39 Å². The van der Waals surface area contributed by atoms with Crippen molar-refractivity contribution in [3.05, 3.63) is 89.4 Å². The van der Waals surface area contributed by atoms with Gasteiger partial charge in [0.05, 0.1) is 12.1 Å². The van der Waals surface area contributed by atoms with Crippen LogP contribution >= 0.6 is 0 Å². The minimum atomic E-state index is -0.353. The molecule has 0 spiro atoms. The van der Waals surface area contributed by atoms with Crippen LogP contribution in [0.15, 0.2) is 66.9 Å². The molecule has 0 unspecified atom stereocenters. The topological polar surface area (TPSA) is 68.0 Å². The highest BCUT2D eigenvalue weighted by Crippen LogP contribution is 2.26. The van der Waals surface area contributed by atoms with E-state index in [1.54, 1.807) is 30.5 Å². The first-order chi connectivity index (χ1) is 14.5. The zero-order valence-corrected chi connectivity index (χ0v) is 17.3. The van der Waals surface area contributed by atoms with Gasteiger partial charge in [0, 0.05) is 24.8 Å². The number of amides is 1. The molecule has 4 rings (SSSR count). The molecule has 3 aromatic rings. The minimum absolute atomic E-state index is 0.0816. The highest BCUT2D eigenvalue weighted by molar-refractivity contribution is 5.78. The molecule has 0 saturated heterocycles. The fourth-order valence-corrected chi connectivity index (χ4v) is 2.79. The Labute approximate surface area is 177 Å². The molecule has 1 aromatic heterocycles. The Morgan fingerprint density at radius 3 is 2.33 bits per heavy atom. The second-order valence-electron chi connectivity index (χ2n) is 7.69. The molecule has 0 bridgehead atoms. The quantitative estimate of drug-likeness (QED) is 0.629. The molecule has 1 saturated carbocycles. The van der Waals surface area contributed by atoms with Crippen molar-refractivity contribution in [3.63, 3.8) is 0 Å². The molecule has 1 aliphatic carbocycles. The number of carbonyl (C=O) groups is 1. The van der Waals surface area contributed by atoms with E-state index in [1.807, 2.05) is 30.3 Å². The van der Waals surface area contributed by atoms with Crippen LogP contribution in [-0.2, 0) is 24.3 Å². The molecule has 0 aliphatic heterocycles. The molecule has 3 N–H and O–H groups in total. The average molecular weight is 406 g/mol. The molecule has 4 nitrogen and oxygen atoms in total. The van der Waals surface area contributed by atoms with Gasteiger partial charge in [-0.05, 0) is 40.8 Å². The molecule has 5 heteroatoms. The van der Waals surface area contributed by atoms with Crippen LogP contribution in [0.25, 0.3) is 11.3 Å². The number of rotatable bonds is 6. The van der Waals surface area contributed by atoms with Crippen molar-refractivity contribution in [3.8, 4) is 11.3 Å². The summed E-state index contributed by atoms with van der Waals surface area (Å²) in [5, 5.41) is 2.88. The number of hydrogen-bond donors (Lipinski definition) is 2. The summed E-state index contributed by atoms with van der Waals surface area (Å²) in [5.41, 5.74) is 9.02. The predicted molar refractivity (Wildman–Crippen MR) is 118 cm³/mol.